The van der Waals surface area contributed by atoms with Gasteiger partial charge in [0.15, 0.2) is 0 Å². The van der Waals surface area contributed by atoms with Crippen molar-refractivity contribution in [2.45, 2.75) is 13.5 Å². The number of fused-ring (bicyclic) bond motifs is 1. The number of benzene rings is 1. The third kappa shape index (κ3) is 3.65. The quantitative estimate of drug-likeness (QED) is 0.811. The molecule has 0 aliphatic rings. The van der Waals surface area contributed by atoms with E-state index in [-0.39, 0.29) is 5.63 Å². The van der Waals surface area contributed by atoms with Gasteiger partial charge in [0.05, 0.1) is 5.56 Å². The van der Waals surface area contributed by atoms with E-state index >= 15 is 0 Å². The predicted octanol–water partition coefficient (Wildman–Crippen LogP) is 2.31. The summed E-state index contributed by atoms with van der Waals surface area (Å²) in [5.41, 5.74) is 0.635. The lowest BCUT2D eigenvalue weighted by atomic mass is 10.1. The van der Waals surface area contributed by atoms with Crippen LogP contribution in [0, 0.1) is 0 Å². The van der Waals surface area contributed by atoms with Gasteiger partial charge in [-0.1, -0.05) is 6.92 Å². The number of hydrogen-bond donors (Lipinski definition) is 0. The summed E-state index contributed by atoms with van der Waals surface area (Å²) in [7, 11) is 5.13. The molecule has 2 aromatic rings. The first-order chi connectivity index (χ1) is 10.4. The van der Waals surface area contributed by atoms with Crippen molar-refractivity contribution < 1.29 is 13.9 Å². The van der Waals surface area contributed by atoms with Crippen LogP contribution in [0.4, 0.5) is 4.79 Å². The van der Waals surface area contributed by atoms with Crippen LogP contribution in [0.2, 0.25) is 0 Å². The van der Waals surface area contributed by atoms with Gasteiger partial charge in [-0.2, -0.15) is 0 Å². The average molecular weight is 304 g/mol. The fraction of sp³-hybridized carbons (Fsp3) is 0.375. The minimum absolute atomic E-state index is 0.341. The third-order valence-electron chi connectivity index (χ3n) is 3.33. The Kier molecular flexibility index (Phi) is 4.82. The van der Waals surface area contributed by atoms with E-state index in [0.29, 0.717) is 23.4 Å². The van der Waals surface area contributed by atoms with E-state index in [1.807, 2.05) is 24.9 Å². The highest BCUT2D eigenvalue weighted by atomic mass is 16.6. The lowest BCUT2D eigenvalue weighted by molar-refractivity contribution is 0.172. The van der Waals surface area contributed by atoms with Crippen molar-refractivity contribution in [2.75, 3.05) is 27.7 Å². The van der Waals surface area contributed by atoms with E-state index in [2.05, 4.69) is 0 Å². The molecule has 0 N–H and O–H groups in total. The SMILES string of the molecule is CCN(C)Cc1cc2ccc(OC(=O)N(C)C)cc2oc1=O. The number of nitrogens with zero attached hydrogens (tertiary/aromatic N) is 2. The fourth-order valence-electron chi connectivity index (χ4n) is 1.90. The first-order valence-electron chi connectivity index (χ1n) is 7.05. The molecule has 1 aromatic heterocycles. The van der Waals surface area contributed by atoms with Crippen molar-refractivity contribution >= 4 is 17.1 Å². The number of carbonyl (C=O) groups excluding carboxylic acids is 1. The molecule has 0 fully saturated rings. The molecule has 0 bridgehead atoms. The molecule has 0 saturated carbocycles. The minimum atomic E-state index is -0.483. The molecule has 118 valence electrons. The number of rotatable bonds is 4. The van der Waals surface area contributed by atoms with Crippen molar-refractivity contribution in [3.05, 3.63) is 40.2 Å². The van der Waals surface area contributed by atoms with Crippen LogP contribution in [0.1, 0.15) is 12.5 Å². The molecular formula is C16H20N2O4. The van der Waals surface area contributed by atoms with Crippen LogP contribution in [0.5, 0.6) is 5.75 Å². The Morgan fingerprint density at radius 2 is 1.95 bits per heavy atom. The lowest BCUT2D eigenvalue weighted by Crippen LogP contribution is -2.25. The van der Waals surface area contributed by atoms with Gasteiger partial charge in [0.25, 0.3) is 0 Å². The van der Waals surface area contributed by atoms with Gasteiger partial charge >= 0.3 is 11.7 Å². The Balaban J connectivity index is 2.33. The molecule has 1 amide bonds. The summed E-state index contributed by atoms with van der Waals surface area (Å²) >= 11 is 0. The van der Waals surface area contributed by atoms with Crippen LogP contribution in [0.15, 0.2) is 33.5 Å². The second-order valence-electron chi connectivity index (χ2n) is 5.35. The zero-order valence-corrected chi connectivity index (χ0v) is 13.3. The van der Waals surface area contributed by atoms with Crippen molar-refractivity contribution in [1.82, 2.24) is 9.80 Å². The summed E-state index contributed by atoms with van der Waals surface area (Å²) in [6, 6.07) is 6.80. The van der Waals surface area contributed by atoms with Gasteiger partial charge in [-0.05, 0) is 31.8 Å². The summed E-state index contributed by atoms with van der Waals surface area (Å²) in [4.78, 5) is 26.9. The lowest BCUT2D eigenvalue weighted by Gasteiger charge is -2.13. The first-order valence-corrected chi connectivity index (χ1v) is 7.05. The van der Waals surface area contributed by atoms with E-state index < -0.39 is 6.09 Å². The Morgan fingerprint density at radius 3 is 2.59 bits per heavy atom. The highest BCUT2D eigenvalue weighted by molar-refractivity contribution is 5.80. The first kappa shape index (κ1) is 16.0. The zero-order chi connectivity index (χ0) is 16.3. The normalized spacial score (nSPS) is 11.0. The van der Waals surface area contributed by atoms with Crippen LogP contribution in [-0.2, 0) is 6.54 Å². The van der Waals surface area contributed by atoms with E-state index in [1.165, 1.54) is 4.90 Å². The molecule has 0 aliphatic heterocycles. The topological polar surface area (TPSA) is 63.0 Å². The molecule has 2 rings (SSSR count). The van der Waals surface area contributed by atoms with Crippen molar-refractivity contribution in [1.29, 1.82) is 0 Å². The summed E-state index contributed by atoms with van der Waals surface area (Å²) in [5, 5.41) is 0.795. The van der Waals surface area contributed by atoms with Crippen LogP contribution in [0.3, 0.4) is 0 Å². The highest BCUT2D eigenvalue weighted by Gasteiger charge is 2.11. The van der Waals surface area contributed by atoms with Crippen molar-refractivity contribution in [3.63, 3.8) is 0 Å². The summed E-state index contributed by atoms with van der Waals surface area (Å²) in [5.74, 6) is 0.341. The molecule has 22 heavy (non-hydrogen) atoms. The Hall–Kier alpha value is -2.34. The number of amides is 1. The maximum absolute atomic E-state index is 12.0. The molecule has 0 atom stereocenters. The van der Waals surface area contributed by atoms with Gasteiger partial charge in [-0.25, -0.2) is 9.59 Å². The molecule has 6 heteroatoms. The second-order valence-corrected chi connectivity index (χ2v) is 5.35. The molecule has 0 radical (unpaired) electrons. The molecule has 0 aliphatic carbocycles. The smallest absolute Gasteiger partial charge is 0.414 e. The zero-order valence-electron chi connectivity index (χ0n) is 13.3. The third-order valence-corrected chi connectivity index (χ3v) is 3.33. The number of carbonyl (C=O) groups is 1. The Labute approximate surface area is 128 Å². The van der Waals surface area contributed by atoms with Gasteiger partial charge in [0.1, 0.15) is 11.3 Å². The monoisotopic (exact) mass is 304 g/mol. The standard InChI is InChI=1S/C16H20N2O4/c1-5-18(4)10-12-8-11-6-7-13(21-16(20)17(2)3)9-14(11)22-15(12)19/h6-9H,5,10H2,1-4H3. The number of hydrogen-bond acceptors (Lipinski definition) is 5. The van der Waals surface area contributed by atoms with Crippen LogP contribution in [-0.4, -0.2) is 43.6 Å². The van der Waals surface area contributed by atoms with Gasteiger partial charge in [-0.3, -0.25) is 0 Å². The van der Waals surface area contributed by atoms with Gasteiger partial charge in [0, 0.05) is 32.1 Å². The molecule has 1 heterocycles. The van der Waals surface area contributed by atoms with Gasteiger partial charge < -0.3 is 19.0 Å². The second kappa shape index (κ2) is 6.62. The van der Waals surface area contributed by atoms with Gasteiger partial charge in [-0.15, -0.1) is 0 Å². The average Bonchev–Trinajstić information content (AvgIpc) is 2.47. The van der Waals surface area contributed by atoms with Crippen molar-refractivity contribution in [2.24, 2.45) is 0 Å². The highest BCUT2D eigenvalue weighted by Crippen LogP contribution is 2.21. The van der Waals surface area contributed by atoms with Gasteiger partial charge in [0.2, 0.25) is 0 Å². The summed E-state index contributed by atoms with van der Waals surface area (Å²) < 4.78 is 10.5. The Bertz CT molecular complexity index is 736. The minimum Gasteiger partial charge on any atom is -0.422 e. The summed E-state index contributed by atoms with van der Waals surface area (Å²) in [6.07, 6.45) is -0.483. The van der Waals surface area contributed by atoms with Crippen LogP contribution in [0.25, 0.3) is 11.0 Å². The van der Waals surface area contributed by atoms with Crippen molar-refractivity contribution in [3.8, 4) is 5.75 Å². The van der Waals surface area contributed by atoms with E-state index in [0.717, 1.165) is 11.9 Å². The molecule has 6 nitrogen and oxygen atoms in total. The van der Waals surface area contributed by atoms with E-state index in [9.17, 15) is 9.59 Å². The van der Waals surface area contributed by atoms with E-state index in [4.69, 9.17) is 9.15 Å². The Morgan fingerprint density at radius 1 is 1.23 bits per heavy atom. The number of ether oxygens (including phenoxy) is 1. The van der Waals surface area contributed by atoms with Crippen LogP contribution >= 0.6 is 0 Å². The maximum atomic E-state index is 12.0. The van der Waals surface area contributed by atoms with Crippen LogP contribution < -0.4 is 10.4 Å². The maximum Gasteiger partial charge on any atom is 0.414 e. The fourth-order valence-corrected chi connectivity index (χ4v) is 1.90. The molecule has 0 unspecified atom stereocenters. The van der Waals surface area contributed by atoms with E-state index in [1.54, 1.807) is 32.3 Å². The summed E-state index contributed by atoms with van der Waals surface area (Å²) in [6.45, 7) is 3.40. The molecule has 1 aromatic carbocycles. The largest absolute Gasteiger partial charge is 0.422 e. The predicted molar refractivity (Wildman–Crippen MR) is 84.2 cm³/mol. The molecular weight excluding hydrogens is 284 g/mol. The molecule has 0 spiro atoms. The molecule has 0 saturated heterocycles.